The largest absolute Gasteiger partial charge is 0.495 e. The molecule has 9 rings (SSSR count). The zero-order chi connectivity index (χ0) is 46.2. The number of nitro benzene ring substituents is 1. The maximum absolute atomic E-state index is 14.1. The molecular weight excluding hydrogens is 882 g/mol. The Kier molecular flexibility index (Phi) is 12.5. The van der Waals surface area contributed by atoms with Crippen LogP contribution in [0, 0.1) is 21.4 Å². The van der Waals surface area contributed by atoms with E-state index < -0.39 is 31.4 Å². The number of aromatic amines is 1. The molecule has 6 aromatic rings. The topological polar surface area (TPSA) is 182 Å². The predicted octanol–water partition coefficient (Wildman–Crippen LogP) is 9.02. The number of amides is 1. The van der Waals surface area contributed by atoms with Gasteiger partial charge in [-0.3, -0.25) is 24.8 Å². The molecular formula is C49H50ClN7O8S. The van der Waals surface area contributed by atoms with Crippen LogP contribution in [0.4, 0.5) is 11.4 Å². The van der Waals surface area contributed by atoms with Crippen molar-refractivity contribution in [2.24, 2.45) is 11.3 Å². The number of sulfonamides is 1. The van der Waals surface area contributed by atoms with Gasteiger partial charge in [0, 0.05) is 84.8 Å². The first-order valence-electron chi connectivity index (χ1n) is 21.9. The quantitative estimate of drug-likeness (QED) is 0.0830. The molecule has 1 saturated heterocycles. The van der Waals surface area contributed by atoms with Gasteiger partial charge >= 0.3 is 0 Å². The van der Waals surface area contributed by atoms with Crippen molar-refractivity contribution in [3.63, 3.8) is 0 Å². The number of H-pyrrole nitrogens is 1. The Morgan fingerprint density at radius 2 is 1.79 bits per heavy atom. The number of halogens is 1. The summed E-state index contributed by atoms with van der Waals surface area (Å²) >= 11 is 6.25. The number of pyridine rings is 2. The number of ether oxygens (including phenoxy) is 3. The number of carbonyl (C=O) groups excluding carboxylic acids is 1. The molecule has 1 atom stereocenters. The van der Waals surface area contributed by atoms with E-state index in [9.17, 15) is 23.3 Å². The Morgan fingerprint density at radius 1 is 1.00 bits per heavy atom. The van der Waals surface area contributed by atoms with Gasteiger partial charge < -0.3 is 24.1 Å². The molecule has 342 valence electrons. The van der Waals surface area contributed by atoms with Crippen molar-refractivity contribution in [2.75, 3.05) is 51.3 Å². The number of nitrogens with one attached hydrogen (secondary N) is 2. The molecule has 17 heteroatoms. The number of fused-ring (bicyclic) bond motifs is 2. The summed E-state index contributed by atoms with van der Waals surface area (Å²) in [5, 5.41) is 13.9. The van der Waals surface area contributed by atoms with E-state index in [1.54, 1.807) is 43.8 Å². The second kappa shape index (κ2) is 18.4. The normalized spacial score (nSPS) is 17.5. The highest BCUT2D eigenvalue weighted by atomic mass is 35.5. The van der Waals surface area contributed by atoms with E-state index in [0.29, 0.717) is 36.7 Å². The van der Waals surface area contributed by atoms with Crippen LogP contribution in [0.5, 0.6) is 23.0 Å². The minimum absolute atomic E-state index is 0.0595. The van der Waals surface area contributed by atoms with Gasteiger partial charge in [-0.25, -0.2) is 18.1 Å². The van der Waals surface area contributed by atoms with Crippen molar-refractivity contribution in [1.29, 1.82) is 0 Å². The average Bonchev–Trinajstić information content (AvgIpc) is 3.78. The number of nitrogens with zero attached hydrogens (tertiary/aromatic N) is 5. The lowest BCUT2D eigenvalue weighted by molar-refractivity contribution is -0.386. The van der Waals surface area contributed by atoms with E-state index in [0.717, 1.165) is 66.8 Å². The molecule has 1 unspecified atom stereocenters. The van der Waals surface area contributed by atoms with E-state index in [4.69, 9.17) is 25.8 Å². The molecule has 0 radical (unpaired) electrons. The van der Waals surface area contributed by atoms with Crippen LogP contribution in [0.15, 0.2) is 108 Å². The summed E-state index contributed by atoms with van der Waals surface area (Å²) in [4.78, 5) is 41.9. The van der Waals surface area contributed by atoms with E-state index in [2.05, 4.69) is 55.5 Å². The molecule has 3 aromatic carbocycles. The fraction of sp³-hybridized carbons (Fsp3) is 0.327. The van der Waals surface area contributed by atoms with Gasteiger partial charge in [-0.1, -0.05) is 43.2 Å². The van der Waals surface area contributed by atoms with Crippen LogP contribution in [0.2, 0.25) is 5.02 Å². The van der Waals surface area contributed by atoms with Crippen LogP contribution < -0.4 is 23.8 Å². The van der Waals surface area contributed by atoms with Crippen molar-refractivity contribution < 1.29 is 32.3 Å². The summed E-state index contributed by atoms with van der Waals surface area (Å²) in [6.07, 6.45) is 8.79. The third kappa shape index (κ3) is 9.86. The third-order valence-corrected chi connectivity index (χ3v) is 14.3. The van der Waals surface area contributed by atoms with Gasteiger partial charge in [-0.05, 0) is 97.2 Å². The molecule has 1 amide bonds. The standard InChI is InChI=1S/C49H50ClN7O8S/c1-49(2)14-12-34(43(26-49)32-4-6-35(50)7-5-32)29-55-16-18-56(19-17-55)37-9-11-41(46(23-37)65-39-22-33-13-15-51-47(33)53-28-39)48(58)54-66(61,62)40-24-44(57(59)60)42-21-31(30-64-45(42)25-40)20-36-8-10-38(63-3)27-52-36/h4-11,13,15,22-25,27-28,31H,12,14,16-21,26,29-30H2,1-3H3,(H,51,53)(H,54,58). The Hall–Kier alpha value is -6.49. The van der Waals surface area contributed by atoms with E-state index in [-0.39, 0.29) is 47.0 Å². The number of nitro groups is 1. The number of piperazine rings is 1. The van der Waals surface area contributed by atoms with Gasteiger partial charge in [0.2, 0.25) is 0 Å². The Labute approximate surface area is 388 Å². The first-order chi connectivity index (χ1) is 31.7. The fourth-order valence-corrected chi connectivity index (χ4v) is 10.2. The number of carbonyl (C=O) groups is 1. The SMILES string of the molecule is COc1ccc(CC2COc3cc(S(=O)(=O)NC(=O)c4ccc(N5CCN(CC6=C(c7ccc(Cl)cc7)CC(C)(C)CC6)CC5)cc4Oc4cnc5[nH]ccc5c4)cc([N+](=O)[O-])c3C2)nc1. The number of hydrogen-bond acceptors (Lipinski definition) is 12. The van der Waals surface area contributed by atoms with Crippen molar-refractivity contribution in [3.05, 3.63) is 141 Å². The summed E-state index contributed by atoms with van der Waals surface area (Å²) in [6.45, 7) is 8.76. The minimum Gasteiger partial charge on any atom is -0.495 e. The smallest absolute Gasteiger partial charge is 0.277 e. The molecule has 0 saturated carbocycles. The minimum atomic E-state index is -4.66. The molecule has 66 heavy (non-hydrogen) atoms. The number of rotatable bonds is 13. The van der Waals surface area contributed by atoms with Crippen LogP contribution in [-0.2, 0) is 22.9 Å². The predicted molar refractivity (Wildman–Crippen MR) is 252 cm³/mol. The number of allylic oxidation sites excluding steroid dienone is 1. The van der Waals surface area contributed by atoms with Crippen LogP contribution in [0.3, 0.4) is 0 Å². The van der Waals surface area contributed by atoms with Gasteiger partial charge in [0.25, 0.3) is 21.6 Å². The molecule has 3 aliphatic rings. The fourth-order valence-electron chi connectivity index (χ4n) is 9.11. The van der Waals surface area contributed by atoms with Crippen LogP contribution >= 0.6 is 11.6 Å². The molecule has 2 N–H and O–H groups in total. The van der Waals surface area contributed by atoms with E-state index in [1.165, 1.54) is 35.0 Å². The van der Waals surface area contributed by atoms with Gasteiger partial charge in [0.15, 0.2) is 0 Å². The lowest BCUT2D eigenvalue weighted by atomic mass is 9.72. The molecule has 0 spiro atoms. The molecule has 1 fully saturated rings. The zero-order valence-corrected chi connectivity index (χ0v) is 38.5. The summed E-state index contributed by atoms with van der Waals surface area (Å²) < 4.78 is 47.5. The van der Waals surface area contributed by atoms with Crippen molar-refractivity contribution in [3.8, 4) is 23.0 Å². The molecule has 2 aliphatic heterocycles. The van der Waals surface area contributed by atoms with Crippen LogP contribution in [0.25, 0.3) is 16.6 Å². The Bertz CT molecular complexity index is 2950. The number of anilines is 1. The molecule has 0 bridgehead atoms. The molecule has 1 aliphatic carbocycles. The second-order valence-electron chi connectivity index (χ2n) is 17.9. The van der Waals surface area contributed by atoms with Gasteiger partial charge in [0.1, 0.15) is 28.6 Å². The van der Waals surface area contributed by atoms with Crippen LogP contribution in [0.1, 0.15) is 60.3 Å². The monoisotopic (exact) mass is 931 g/mol. The molecule has 15 nitrogen and oxygen atoms in total. The van der Waals surface area contributed by atoms with Crippen LogP contribution in [-0.4, -0.2) is 85.5 Å². The van der Waals surface area contributed by atoms with Gasteiger partial charge in [-0.2, -0.15) is 0 Å². The first-order valence-corrected chi connectivity index (χ1v) is 23.8. The molecule has 3 aromatic heterocycles. The van der Waals surface area contributed by atoms with Gasteiger partial charge in [0.05, 0.1) is 47.1 Å². The number of benzene rings is 3. The lowest BCUT2D eigenvalue weighted by Crippen LogP contribution is -2.47. The van der Waals surface area contributed by atoms with E-state index in [1.807, 2.05) is 24.3 Å². The maximum Gasteiger partial charge on any atom is 0.277 e. The average molecular weight is 932 g/mol. The van der Waals surface area contributed by atoms with Gasteiger partial charge in [-0.15, -0.1) is 0 Å². The highest BCUT2D eigenvalue weighted by molar-refractivity contribution is 7.90. The summed E-state index contributed by atoms with van der Waals surface area (Å²) in [5.74, 6) is -0.0117. The second-order valence-corrected chi connectivity index (χ2v) is 20.1. The summed E-state index contributed by atoms with van der Waals surface area (Å²) in [5.41, 5.74) is 6.30. The van der Waals surface area contributed by atoms with E-state index >= 15 is 0 Å². The summed E-state index contributed by atoms with van der Waals surface area (Å²) in [7, 11) is -3.11. The Morgan fingerprint density at radius 3 is 2.53 bits per heavy atom. The maximum atomic E-state index is 14.1. The highest BCUT2D eigenvalue weighted by Gasteiger charge is 2.33. The number of hydrogen-bond donors (Lipinski definition) is 2. The number of aromatic nitrogens is 3. The highest BCUT2D eigenvalue weighted by Crippen LogP contribution is 2.44. The Balaban J connectivity index is 0.938. The number of methoxy groups -OCH3 is 1. The third-order valence-electron chi connectivity index (χ3n) is 12.7. The zero-order valence-electron chi connectivity index (χ0n) is 36.9. The first kappa shape index (κ1) is 44.7. The lowest BCUT2D eigenvalue weighted by Gasteiger charge is -2.39. The van der Waals surface area contributed by atoms with Crippen molar-refractivity contribution >= 4 is 55.5 Å². The molecule has 5 heterocycles. The van der Waals surface area contributed by atoms with Crippen molar-refractivity contribution in [2.45, 2.75) is 50.8 Å². The van der Waals surface area contributed by atoms with Crippen molar-refractivity contribution in [1.82, 2.24) is 24.6 Å². The summed E-state index contributed by atoms with van der Waals surface area (Å²) in [6, 6.07) is 22.6.